The molecule has 23 heavy (non-hydrogen) atoms. The number of amides is 1. The Morgan fingerprint density at radius 1 is 1.35 bits per heavy atom. The highest BCUT2D eigenvalue weighted by Crippen LogP contribution is 2.30. The zero-order valence-corrected chi connectivity index (χ0v) is 13.9. The van der Waals surface area contributed by atoms with E-state index in [1.54, 1.807) is 23.9 Å². The summed E-state index contributed by atoms with van der Waals surface area (Å²) in [7, 11) is 0. The number of rotatable bonds is 3. The number of thiophene rings is 1. The van der Waals surface area contributed by atoms with E-state index in [-0.39, 0.29) is 11.8 Å². The van der Waals surface area contributed by atoms with E-state index in [0.717, 1.165) is 40.4 Å². The number of piperidine rings is 1. The molecule has 0 aliphatic carbocycles. The van der Waals surface area contributed by atoms with Gasteiger partial charge >= 0.3 is 0 Å². The van der Waals surface area contributed by atoms with Crippen molar-refractivity contribution in [3.63, 3.8) is 0 Å². The molecular formula is C15H15N5OS2. The first kappa shape index (κ1) is 14.5. The molecule has 1 amide bonds. The molecule has 6 nitrogen and oxygen atoms in total. The molecule has 3 aromatic rings. The van der Waals surface area contributed by atoms with Gasteiger partial charge in [0.05, 0.1) is 11.3 Å². The summed E-state index contributed by atoms with van der Waals surface area (Å²) in [6.45, 7) is 1.61. The Labute approximate surface area is 141 Å². The first-order valence-electron chi connectivity index (χ1n) is 7.46. The van der Waals surface area contributed by atoms with Crippen molar-refractivity contribution in [3.05, 3.63) is 30.0 Å². The van der Waals surface area contributed by atoms with Crippen molar-refractivity contribution < 1.29 is 4.79 Å². The van der Waals surface area contributed by atoms with Crippen LogP contribution in [0.15, 0.2) is 30.0 Å². The molecule has 4 rings (SSSR count). The molecule has 0 spiro atoms. The second kappa shape index (κ2) is 6.21. The van der Waals surface area contributed by atoms with Crippen molar-refractivity contribution in [2.45, 2.75) is 12.8 Å². The second-order valence-electron chi connectivity index (χ2n) is 5.49. The van der Waals surface area contributed by atoms with Crippen LogP contribution in [-0.2, 0) is 4.79 Å². The molecule has 1 atom stereocenters. The maximum absolute atomic E-state index is 12.5. The van der Waals surface area contributed by atoms with Gasteiger partial charge in [0.1, 0.15) is 22.0 Å². The minimum Gasteiger partial charge on any atom is -0.355 e. The highest BCUT2D eigenvalue weighted by Gasteiger charge is 2.27. The maximum atomic E-state index is 12.5. The standard InChI is InChI=1S/C15H15N5OS2/c21-14(19-12-3-5-18-23-12)10-2-1-6-20(8-10)13-11-4-7-22-15(11)17-9-16-13/h3-5,7,9-10H,1-2,6,8H2,(H,19,21). The van der Waals surface area contributed by atoms with Gasteiger partial charge in [-0.15, -0.1) is 11.3 Å². The number of fused-ring (bicyclic) bond motifs is 1. The molecule has 0 saturated carbocycles. The van der Waals surface area contributed by atoms with Crippen LogP contribution in [0.5, 0.6) is 0 Å². The van der Waals surface area contributed by atoms with Crippen molar-refractivity contribution in [1.82, 2.24) is 14.3 Å². The Morgan fingerprint density at radius 2 is 2.30 bits per heavy atom. The minimum atomic E-state index is -0.0329. The van der Waals surface area contributed by atoms with Crippen LogP contribution in [0, 0.1) is 5.92 Å². The van der Waals surface area contributed by atoms with E-state index in [0.29, 0.717) is 6.54 Å². The summed E-state index contributed by atoms with van der Waals surface area (Å²) < 4.78 is 4.01. The van der Waals surface area contributed by atoms with Gasteiger partial charge in [0.15, 0.2) is 0 Å². The Kier molecular flexibility index (Phi) is 3.92. The molecule has 118 valence electrons. The smallest absolute Gasteiger partial charge is 0.229 e. The first-order valence-corrected chi connectivity index (χ1v) is 9.11. The average molecular weight is 345 g/mol. The fraction of sp³-hybridized carbons (Fsp3) is 0.333. The molecular weight excluding hydrogens is 330 g/mol. The van der Waals surface area contributed by atoms with E-state index < -0.39 is 0 Å². The van der Waals surface area contributed by atoms with Crippen LogP contribution < -0.4 is 10.2 Å². The Morgan fingerprint density at radius 3 is 3.17 bits per heavy atom. The van der Waals surface area contributed by atoms with Crippen molar-refractivity contribution in [2.75, 3.05) is 23.3 Å². The Bertz CT molecular complexity index is 816. The molecule has 0 aromatic carbocycles. The van der Waals surface area contributed by atoms with Crippen LogP contribution in [0.1, 0.15) is 12.8 Å². The van der Waals surface area contributed by atoms with E-state index >= 15 is 0 Å². The number of hydrogen-bond donors (Lipinski definition) is 1. The maximum Gasteiger partial charge on any atom is 0.229 e. The molecule has 1 aliphatic heterocycles. The first-order chi connectivity index (χ1) is 11.3. The number of nitrogens with zero attached hydrogens (tertiary/aromatic N) is 4. The average Bonchev–Trinajstić information content (AvgIpc) is 3.25. The molecule has 8 heteroatoms. The summed E-state index contributed by atoms with van der Waals surface area (Å²) in [5, 5.41) is 6.85. The van der Waals surface area contributed by atoms with Gasteiger partial charge in [0.2, 0.25) is 5.91 Å². The van der Waals surface area contributed by atoms with Gasteiger partial charge in [0.25, 0.3) is 0 Å². The summed E-state index contributed by atoms with van der Waals surface area (Å²) in [5.74, 6) is 0.968. The number of aromatic nitrogens is 3. The predicted molar refractivity (Wildman–Crippen MR) is 93.1 cm³/mol. The van der Waals surface area contributed by atoms with Crippen LogP contribution in [0.2, 0.25) is 0 Å². The molecule has 1 saturated heterocycles. The van der Waals surface area contributed by atoms with E-state index in [2.05, 4.69) is 30.6 Å². The fourth-order valence-electron chi connectivity index (χ4n) is 2.92. The summed E-state index contributed by atoms with van der Waals surface area (Å²) in [6.07, 6.45) is 5.19. The minimum absolute atomic E-state index is 0.0329. The number of carbonyl (C=O) groups is 1. The second-order valence-corrected chi connectivity index (χ2v) is 7.22. The molecule has 1 aliphatic rings. The van der Waals surface area contributed by atoms with E-state index in [1.807, 2.05) is 11.4 Å². The van der Waals surface area contributed by atoms with E-state index in [9.17, 15) is 4.79 Å². The van der Waals surface area contributed by atoms with Crippen molar-refractivity contribution in [1.29, 1.82) is 0 Å². The third-order valence-corrected chi connectivity index (χ3v) is 5.50. The molecule has 4 heterocycles. The van der Waals surface area contributed by atoms with Crippen LogP contribution in [0.4, 0.5) is 10.8 Å². The SMILES string of the molecule is O=C(Nc1ccns1)C1CCCN(c2ncnc3sccc23)C1. The molecule has 3 aromatic heterocycles. The third kappa shape index (κ3) is 2.91. The van der Waals surface area contributed by atoms with Gasteiger partial charge in [-0.05, 0) is 41.9 Å². The number of carbonyl (C=O) groups excluding carboxylic acids is 1. The van der Waals surface area contributed by atoms with E-state index in [1.165, 1.54) is 11.5 Å². The lowest BCUT2D eigenvalue weighted by Crippen LogP contribution is -2.41. The number of anilines is 2. The van der Waals surface area contributed by atoms with Gasteiger partial charge in [-0.3, -0.25) is 4.79 Å². The van der Waals surface area contributed by atoms with Crippen LogP contribution in [0.25, 0.3) is 10.2 Å². The quantitative estimate of drug-likeness (QED) is 0.790. The Balaban J connectivity index is 1.53. The molecule has 0 radical (unpaired) electrons. The molecule has 1 fully saturated rings. The lowest BCUT2D eigenvalue weighted by molar-refractivity contribution is -0.120. The zero-order chi connectivity index (χ0) is 15.6. The summed E-state index contributed by atoms with van der Waals surface area (Å²) in [5.41, 5.74) is 0. The monoisotopic (exact) mass is 345 g/mol. The lowest BCUT2D eigenvalue weighted by Gasteiger charge is -2.33. The van der Waals surface area contributed by atoms with Crippen LogP contribution >= 0.6 is 22.9 Å². The van der Waals surface area contributed by atoms with Gasteiger partial charge in [-0.2, -0.15) is 4.37 Å². The van der Waals surface area contributed by atoms with Crippen molar-refractivity contribution >= 4 is 49.8 Å². The van der Waals surface area contributed by atoms with Gasteiger partial charge in [-0.25, -0.2) is 9.97 Å². The lowest BCUT2D eigenvalue weighted by atomic mass is 9.97. The summed E-state index contributed by atoms with van der Waals surface area (Å²) in [4.78, 5) is 24.4. The topological polar surface area (TPSA) is 71.0 Å². The highest BCUT2D eigenvalue weighted by atomic mass is 32.1. The molecule has 0 bridgehead atoms. The zero-order valence-electron chi connectivity index (χ0n) is 12.3. The third-order valence-electron chi connectivity index (χ3n) is 4.02. The molecule has 1 N–H and O–H groups in total. The number of hydrogen-bond acceptors (Lipinski definition) is 7. The van der Waals surface area contributed by atoms with Crippen LogP contribution in [0.3, 0.4) is 0 Å². The van der Waals surface area contributed by atoms with Crippen LogP contribution in [-0.4, -0.2) is 33.3 Å². The fourth-order valence-corrected chi connectivity index (χ4v) is 4.15. The van der Waals surface area contributed by atoms with Gasteiger partial charge in [0, 0.05) is 19.3 Å². The van der Waals surface area contributed by atoms with Crippen molar-refractivity contribution in [3.8, 4) is 0 Å². The largest absolute Gasteiger partial charge is 0.355 e. The van der Waals surface area contributed by atoms with Crippen molar-refractivity contribution in [2.24, 2.45) is 5.92 Å². The normalized spacial score (nSPS) is 18.3. The summed E-state index contributed by atoms with van der Waals surface area (Å²) in [6, 6.07) is 3.87. The van der Waals surface area contributed by atoms with Gasteiger partial charge in [-0.1, -0.05) is 0 Å². The summed E-state index contributed by atoms with van der Waals surface area (Å²) >= 11 is 2.91. The Hall–Kier alpha value is -2.06. The van der Waals surface area contributed by atoms with E-state index in [4.69, 9.17) is 0 Å². The van der Waals surface area contributed by atoms with Gasteiger partial charge < -0.3 is 10.2 Å². The number of nitrogens with one attached hydrogen (secondary N) is 1. The highest BCUT2D eigenvalue weighted by molar-refractivity contribution is 7.16. The predicted octanol–water partition coefficient (Wildman–Crippen LogP) is 3.00. The molecule has 1 unspecified atom stereocenters.